The number of nitrogens with one attached hydrogen (secondary N) is 4. The Morgan fingerprint density at radius 1 is 0.327 bits per heavy atom. The summed E-state index contributed by atoms with van der Waals surface area (Å²) in [6, 6.07) is -7.76. The Bertz CT molecular complexity index is 4230. The summed E-state index contributed by atoms with van der Waals surface area (Å²) >= 11 is 3.04. The third-order valence-electron chi connectivity index (χ3n) is 27.7. The Kier molecular flexibility index (Phi) is 46.0. The summed E-state index contributed by atoms with van der Waals surface area (Å²) in [6.07, 6.45) is -109. The molecule has 0 spiro atoms. The molecule has 0 aliphatic carbocycles. The second-order valence-corrected chi connectivity index (χ2v) is 38.6. The van der Waals surface area contributed by atoms with Crippen molar-refractivity contribution in [3.63, 3.8) is 0 Å². The van der Waals surface area contributed by atoms with Crippen LogP contribution in [0.25, 0.3) is 0 Å². The molecule has 11 aliphatic rings. The summed E-state index contributed by atoms with van der Waals surface area (Å²) in [5.74, 6) is -12.5. The molecule has 11 heterocycles. The molecule has 11 saturated heterocycles. The largest absolute Gasteiger partial charge is 0.410 e. The quantitative estimate of drug-likeness (QED) is 0.0153. The van der Waals surface area contributed by atoms with Gasteiger partial charge in [0.25, 0.3) is 12.9 Å². The molecule has 0 aromatic rings. The number of rotatable bonds is 46. The molecule has 11 fully saturated rings. The first-order valence-electron chi connectivity index (χ1n) is 47.9. The Labute approximate surface area is 859 Å². The summed E-state index contributed by atoms with van der Waals surface area (Å²) in [4.78, 5) is 89.8. The van der Waals surface area contributed by atoms with E-state index in [-0.39, 0.29) is 18.3 Å². The molecule has 0 saturated carbocycles. The van der Waals surface area contributed by atoms with Crippen molar-refractivity contribution < 1.29 is 296 Å². The van der Waals surface area contributed by atoms with Crippen molar-refractivity contribution in [1.82, 2.24) is 21.3 Å². The minimum atomic E-state index is -2.93. The van der Waals surface area contributed by atoms with Crippen LogP contribution in [0, 0.1) is 11.8 Å². The van der Waals surface area contributed by atoms with Crippen LogP contribution >= 0.6 is 15.9 Å². The second-order valence-electron chi connectivity index (χ2n) is 38.1. The van der Waals surface area contributed by atoms with Crippen molar-refractivity contribution >= 4 is 58.3 Å². The highest BCUT2D eigenvalue weighted by atomic mass is 79.9. The normalized spacial score (nSPS) is 46.5. The van der Waals surface area contributed by atoms with Crippen LogP contribution in [0.3, 0.4) is 0 Å². The van der Waals surface area contributed by atoms with Crippen molar-refractivity contribution in [1.29, 1.82) is 0 Å². The number of Topliss-reactive ketones (excluding diaryl/α,β-unsaturated/α-hetero) is 1. The number of ketones is 1. The van der Waals surface area contributed by atoms with Crippen molar-refractivity contribution in [2.45, 2.75) is 398 Å². The lowest BCUT2D eigenvalue weighted by Crippen LogP contribution is -2.71. The van der Waals surface area contributed by atoms with Gasteiger partial charge in [0.1, 0.15) is 244 Å². The molecule has 11 rings (SSSR count). The zero-order valence-electron chi connectivity index (χ0n) is 81.1. The molecule has 57 atom stereocenters. The van der Waals surface area contributed by atoms with E-state index in [0.29, 0.717) is 0 Å². The van der Waals surface area contributed by atoms with E-state index in [1.165, 1.54) is 13.8 Å². The number of ether oxygens (including phenoxy) is 23. The fourth-order valence-electron chi connectivity index (χ4n) is 19.7. The number of hydrogen-bond acceptors (Lipinski definition) is 60. The van der Waals surface area contributed by atoms with Crippen LogP contribution in [0.2, 0.25) is 0 Å². The molecule has 34 N–H and O–H groups in total. The van der Waals surface area contributed by atoms with E-state index in [0.717, 1.165) is 27.7 Å². The number of hydrogen-bond donors (Lipinski definition) is 34. The van der Waals surface area contributed by atoms with Crippen LogP contribution in [0.4, 0.5) is 0 Å². The van der Waals surface area contributed by atoms with Gasteiger partial charge in [-0.1, -0.05) is 29.8 Å². The average molecular weight is 2260 g/mol. The van der Waals surface area contributed by atoms with Crippen molar-refractivity contribution in [3.05, 3.63) is 0 Å². The number of carbonyl (C=O) groups excluding carboxylic acids is 7. The smallest absolute Gasteiger partial charge is 0.332 e. The van der Waals surface area contributed by atoms with Gasteiger partial charge in [-0.25, -0.2) is 0 Å². The van der Waals surface area contributed by atoms with E-state index in [9.17, 15) is 187 Å². The average Bonchev–Trinajstić information content (AvgIpc) is 0.758. The highest BCUT2D eigenvalue weighted by molar-refractivity contribution is 9.09. The summed E-state index contributed by atoms with van der Waals surface area (Å²) in [6.45, 7) is -7.41. The first kappa shape index (κ1) is 125. The summed E-state index contributed by atoms with van der Waals surface area (Å²) in [7, 11) is 0. The Balaban J connectivity index is 0.913. The maximum atomic E-state index is 13.4. The van der Waals surface area contributed by atoms with Crippen molar-refractivity contribution in [2.24, 2.45) is 11.8 Å². The number of carbonyl (C=O) groups is 7. The number of halogens is 1. The van der Waals surface area contributed by atoms with Crippen molar-refractivity contribution in [3.8, 4) is 0 Å². The molecular formula is C85H139BrN4O60. The zero-order chi connectivity index (χ0) is 111. The monoisotopic (exact) mass is 2250 g/mol. The predicted octanol–water partition coefficient (Wildman–Crippen LogP) is -21.9. The summed E-state index contributed by atoms with van der Waals surface area (Å²) in [5, 5.41) is 351. The van der Waals surface area contributed by atoms with Gasteiger partial charge < -0.3 is 283 Å². The van der Waals surface area contributed by atoms with Crippen LogP contribution in [-0.2, 0) is 143 Å². The van der Waals surface area contributed by atoms with Crippen LogP contribution in [-0.4, -0.2) is 610 Å². The molecule has 150 heavy (non-hydrogen) atoms. The van der Waals surface area contributed by atoms with Gasteiger partial charge in [0.2, 0.25) is 23.6 Å². The lowest BCUT2D eigenvalue weighted by molar-refractivity contribution is -0.449. The standard InChI is InChI=1S/C85H139BrN4O60/c1-24-31(108)8-84(129-22-101,147-65(24)49(112)33(110)11-91)149-72-53(116)38(15-95)132-80(63(72)126)142-69-42(19-99)137-77(47(58(69)121)89-28(5)105)145-74-60(123)51(114)36(13-93)134-82(74)128-21-44-55(118)71(62(125)79(139-44)141-68-41(18-98)136-76(46(57(68)120)88-27(4)104)140-67-40(17-97)131-35(7-30(107)10-86)45(56(67)119)87-26(3)103)144-83-75(61(124)52(115)37(14-94)135-83)146-78-48(90-29(6)106)59(122)70(43(20-100)138-78)143-81-64(127)73(54(117)39(16-96)133-81)150-85(130-23-102)9-32(109)25(2)66(148-85)50(113)34(111)12-92/h22-25,31-83,91-100,108-127H,7-21H2,1-6H3,(H,87,103)(H,88,104)(H,89,105)(H,90,106)/t24-,25-,31-,32-,33-,34-,35+,36?,37?,38?,39?,40?,41?,42+,43?,44?,45?,46?,47?,48?,49-,50-,51-,52-,53+,54+,55-,56-,57-,58?,59-,60+,61?,62?,63?,64?,65?,66?,67-,68-,69-,70-,71+,72+,73+,74?,75?,76+,77+,78+,79+,80+,81+,82+,83-,84+,85+/m1/s1. The Hall–Kier alpha value is -5.07. The molecule has 0 radical (unpaired) electrons. The van der Waals surface area contributed by atoms with Crippen LogP contribution in [0.1, 0.15) is 60.8 Å². The fourth-order valence-corrected chi connectivity index (χ4v) is 19.9. The SMILES string of the molecule is CC(=O)NC1C(O)[C@H](O[C@@H]2OC(CO)[C@H](O)[C@H](O[C@]3(OC=O)C[C@@H](O)[C@@H](C)C([C@H](O)[C@H](O)CO)O3)C2O)[C@H](CO)O[C@H]1OC1[C@@H](OCC2O[C@@H](O[C@@H]3C(CO)O[C@@H](O[C@@H]4C(CO)O[C@@H](CC(=O)CBr)C(NC(C)=O)[C@H]4O)C(NC(C)=O)[C@H]3O)C(O)[C@@H](O[C@H]3OC(CO)[C@@H](O)C(O)C3O[C@@H]3OC(CO)[C@@H](O[C@@H]4OC(CO)[C@H](O)[C@H](O[C@]5(OC=O)C[C@@H](O)[C@@H](C)C([C@H](O)[C@H](O)CO)O5)C4O)[C@H](O)C3NC(C)=O)[C@@H]2O)OC(CO)[C@@H](O)[C@@H]1O. The second kappa shape index (κ2) is 55.1. The van der Waals surface area contributed by atoms with Gasteiger partial charge in [-0.05, 0) is 0 Å². The highest BCUT2D eigenvalue weighted by Gasteiger charge is 2.65. The van der Waals surface area contributed by atoms with Crippen LogP contribution in [0.5, 0.6) is 0 Å². The van der Waals surface area contributed by atoms with Gasteiger partial charge in [0.05, 0.1) is 127 Å². The van der Waals surface area contributed by atoms with Gasteiger partial charge in [-0.15, -0.1) is 0 Å². The third kappa shape index (κ3) is 28.1. The molecule has 0 bridgehead atoms. The van der Waals surface area contributed by atoms with Gasteiger partial charge in [-0.3, -0.25) is 33.6 Å². The maximum Gasteiger partial charge on any atom is 0.332 e. The van der Waals surface area contributed by atoms with Gasteiger partial charge >= 0.3 is 11.9 Å². The van der Waals surface area contributed by atoms with Gasteiger partial charge in [-0.2, -0.15) is 0 Å². The lowest BCUT2D eigenvalue weighted by Gasteiger charge is -2.52. The third-order valence-corrected chi connectivity index (χ3v) is 28.4. The Morgan fingerprint density at radius 2 is 0.607 bits per heavy atom. The number of aliphatic hydroxyl groups excluding tert-OH is 30. The topological polar surface area (TPSA) is 987 Å². The van der Waals surface area contributed by atoms with Crippen LogP contribution < -0.4 is 21.3 Å². The molecule has 0 aromatic carbocycles. The van der Waals surface area contributed by atoms with Crippen LogP contribution in [0.15, 0.2) is 0 Å². The zero-order valence-corrected chi connectivity index (χ0v) is 82.6. The molecule has 0 aromatic heterocycles. The van der Waals surface area contributed by atoms with Gasteiger partial charge in [0.15, 0.2) is 50.3 Å². The molecule has 21 unspecified atom stereocenters. The first-order valence-corrected chi connectivity index (χ1v) is 49.0. The summed E-state index contributed by atoms with van der Waals surface area (Å²) < 4.78 is 137. The maximum absolute atomic E-state index is 13.4. The molecule has 64 nitrogen and oxygen atoms in total. The van der Waals surface area contributed by atoms with E-state index >= 15 is 0 Å². The Morgan fingerprint density at radius 3 is 0.947 bits per heavy atom. The summed E-state index contributed by atoms with van der Waals surface area (Å²) in [5.41, 5.74) is 0. The first-order chi connectivity index (χ1) is 71.0. The van der Waals surface area contributed by atoms with E-state index in [4.69, 9.17) is 109 Å². The minimum absolute atomic E-state index is 0.230. The molecule has 866 valence electrons. The molecule has 11 aliphatic heterocycles. The minimum Gasteiger partial charge on any atom is -0.410 e. The predicted molar refractivity (Wildman–Crippen MR) is 470 cm³/mol. The van der Waals surface area contributed by atoms with Gasteiger partial charge in [0, 0.05) is 46.0 Å². The lowest BCUT2D eigenvalue weighted by atomic mass is 9.86. The molecular weight excluding hydrogens is 2120 g/mol. The number of alkyl halides is 1. The number of aliphatic hydroxyl groups is 30. The van der Waals surface area contributed by atoms with E-state index in [2.05, 4.69) is 37.2 Å². The molecule has 4 amide bonds. The highest BCUT2D eigenvalue weighted by Crippen LogP contribution is 2.46. The van der Waals surface area contributed by atoms with E-state index in [1.807, 2.05) is 0 Å². The number of amides is 4. The molecule has 65 heteroatoms. The van der Waals surface area contributed by atoms with Crippen molar-refractivity contribution in [2.75, 3.05) is 78.0 Å². The fraction of sp³-hybridized carbons (Fsp3) is 0.918. The van der Waals surface area contributed by atoms with E-state index in [1.54, 1.807) is 0 Å². The van der Waals surface area contributed by atoms with E-state index < -0.39 is 470 Å².